The molecule has 0 rings (SSSR count). The molecular formula is C10H20ClN3O4. The molecule has 1 amide bonds. The summed E-state index contributed by atoms with van der Waals surface area (Å²) in [6, 6.07) is 0. The topological polar surface area (TPSA) is 107 Å². The molecule has 0 heterocycles. The van der Waals surface area contributed by atoms with Crippen molar-refractivity contribution in [2.45, 2.75) is 26.4 Å². The summed E-state index contributed by atoms with van der Waals surface area (Å²) in [5.74, 6) is -0.558. The maximum Gasteiger partial charge on any atom is 0.411 e. The molecule has 7 nitrogen and oxygen atoms in total. The third-order valence-electron chi connectivity index (χ3n) is 1.57. The first-order valence-corrected chi connectivity index (χ1v) is 5.07. The van der Waals surface area contributed by atoms with Crippen molar-refractivity contribution in [1.29, 1.82) is 0 Å². The van der Waals surface area contributed by atoms with Crippen LogP contribution in [-0.4, -0.2) is 48.6 Å². The number of carbonyl (C=O) groups excluding carboxylic acids is 2. The van der Waals surface area contributed by atoms with E-state index < -0.39 is 17.7 Å². The van der Waals surface area contributed by atoms with E-state index in [4.69, 9.17) is 15.9 Å². The SMILES string of the molecule is COC(=O)CN(CC(N)=[NH2+])C(=O)OC(C)(C)C.[Cl-]. The van der Waals surface area contributed by atoms with Crippen LogP contribution in [0.1, 0.15) is 20.8 Å². The van der Waals surface area contributed by atoms with Crippen molar-refractivity contribution in [3.05, 3.63) is 0 Å². The van der Waals surface area contributed by atoms with Crippen LogP contribution in [0, 0.1) is 0 Å². The summed E-state index contributed by atoms with van der Waals surface area (Å²) in [7, 11) is 1.23. The average molecular weight is 282 g/mol. The highest BCUT2D eigenvalue weighted by molar-refractivity contribution is 5.84. The van der Waals surface area contributed by atoms with E-state index in [2.05, 4.69) is 4.74 Å². The van der Waals surface area contributed by atoms with Gasteiger partial charge in [-0.25, -0.2) is 4.79 Å². The van der Waals surface area contributed by atoms with Gasteiger partial charge in [-0.2, -0.15) is 0 Å². The molecule has 0 bridgehead atoms. The summed E-state index contributed by atoms with van der Waals surface area (Å²) >= 11 is 0. The van der Waals surface area contributed by atoms with Crippen LogP contribution < -0.4 is 23.5 Å². The number of carbonyl (C=O) groups is 2. The normalized spacial score (nSPS) is 10.0. The minimum Gasteiger partial charge on any atom is -1.00 e. The molecule has 0 aromatic heterocycles. The standard InChI is InChI=1S/C10H19N3O4.ClH/c1-10(2,3)17-9(15)13(5-7(11)12)6-8(14)16-4;/h5-6H2,1-4H3,(H3,11,12);1H. The van der Waals surface area contributed by atoms with Crippen molar-refractivity contribution in [1.82, 2.24) is 4.90 Å². The van der Waals surface area contributed by atoms with Gasteiger partial charge in [0.25, 0.3) is 5.84 Å². The molecule has 0 aromatic rings. The first-order valence-electron chi connectivity index (χ1n) is 5.07. The summed E-state index contributed by atoms with van der Waals surface area (Å²) in [5, 5.41) is 5.30. The lowest BCUT2D eigenvalue weighted by atomic mass is 10.2. The zero-order valence-electron chi connectivity index (χ0n) is 11.0. The fourth-order valence-corrected chi connectivity index (χ4v) is 0.952. The van der Waals surface area contributed by atoms with E-state index in [1.807, 2.05) is 0 Å². The number of nitrogens with two attached hydrogens (primary N) is 2. The number of rotatable bonds is 4. The van der Waals surface area contributed by atoms with Crippen LogP contribution in [0.2, 0.25) is 0 Å². The molecule has 0 unspecified atom stereocenters. The van der Waals surface area contributed by atoms with E-state index >= 15 is 0 Å². The van der Waals surface area contributed by atoms with Gasteiger partial charge in [-0.05, 0) is 20.8 Å². The molecule has 0 atom stereocenters. The van der Waals surface area contributed by atoms with Crippen molar-refractivity contribution in [2.75, 3.05) is 20.2 Å². The molecule has 0 saturated carbocycles. The Kier molecular flexibility index (Phi) is 8.12. The van der Waals surface area contributed by atoms with Crippen LogP contribution in [0.4, 0.5) is 4.79 Å². The first-order chi connectivity index (χ1) is 7.65. The van der Waals surface area contributed by atoms with Gasteiger partial charge in [-0.3, -0.25) is 20.8 Å². The summed E-state index contributed by atoms with van der Waals surface area (Å²) in [4.78, 5) is 23.9. The van der Waals surface area contributed by atoms with Gasteiger partial charge in [-0.1, -0.05) is 0 Å². The number of esters is 1. The van der Waals surface area contributed by atoms with Crippen molar-refractivity contribution in [2.24, 2.45) is 5.73 Å². The Morgan fingerprint density at radius 3 is 2.11 bits per heavy atom. The number of nitrogens with zero attached hydrogens (tertiary/aromatic N) is 1. The third kappa shape index (κ3) is 8.63. The van der Waals surface area contributed by atoms with Crippen LogP contribution in [-0.2, 0) is 14.3 Å². The van der Waals surface area contributed by atoms with E-state index in [-0.39, 0.29) is 31.3 Å². The predicted octanol–water partition coefficient (Wildman–Crippen LogP) is -4.48. The van der Waals surface area contributed by atoms with Crippen LogP contribution >= 0.6 is 0 Å². The average Bonchev–Trinajstić information content (AvgIpc) is 2.13. The second kappa shape index (κ2) is 7.75. The van der Waals surface area contributed by atoms with Gasteiger partial charge >= 0.3 is 12.1 Å². The van der Waals surface area contributed by atoms with Crippen LogP contribution in [0.5, 0.6) is 0 Å². The smallest absolute Gasteiger partial charge is 0.411 e. The second-order valence-electron chi connectivity index (χ2n) is 4.49. The molecule has 106 valence electrons. The quantitative estimate of drug-likeness (QED) is 0.307. The number of ether oxygens (including phenoxy) is 2. The Morgan fingerprint density at radius 1 is 1.28 bits per heavy atom. The molecule has 0 saturated heterocycles. The number of amides is 1. The van der Waals surface area contributed by atoms with E-state index in [9.17, 15) is 9.59 Å². The van der Waals surface area contributed by atoms with E-state index in [1.54, 1.807) is 20.8 Å². The number of hydrogen-bond donors (Lipinski definition) is 2. The van der Waals surface area contributed by atoms with E-state index in [0.717, 1.165) is 4.90 Å². The van der Waals surface area contributed by atoms with E-state index in [0.29, 0.717) is 0 Å². The molecule has 0 radical (unpaired) electrons. The Morgan fingerprint density at radius 2 is 1.78 bits per heavy atom. The zero-order chi connectivity index (χ0) is 13.6. The van der Waals surface area contributed by atoms with Crippen LogP contribution in [0.3, 0.4) is 0 Å². The van der Waals surface area contributed by atoms with Gasteiger partial charge in [0, 0.05) is 0 Å². The number of halogens is 1. The highest BCUT2D eigenvalue weighted by atomic mass is 35.5. The summed E-state index contributed by atoms with van der Waals surface area (Å²) in [6.07, 6.45) is -0.670. The molecule has 18 heavy (non-hydrogen) atoms. The van der Waals surface area contributed by atoms with Crippen molar-refractivity contribution in [3.8, 4) is 0 Å². The highest BCUT2D eigenvalue weighted by Crippen LogP contribution is 2.09. The minimum atomic E-state index is -0.670. The summed E-state index contributed by atoms with van der Waals surface area (Å²) in [6.45, 7) is 4.83. The van der Waals surface area contributed by atoms with Gasteiger partial charge in [-0.15, -0.1) is 0 Å². The zero-order valence-corrected chi connectivity index (χ0v) is 11.8. The number of methoxy groups -OCH3 is 1. The molecule has 4 N–H and O–H groups in total. The fraction of sp³-hybridized carbons (Fsp3) is 0.700. The Hall–Kier alpha value is -1.50. The van der Waals surface area contributed by atoms with Gasteiger partial charge in [0.1, 0.15) is 18.7 Å². The Labute approximate surface area is 113 Å². The molecule has 0 fully saturated rings. The van der Waals surface area contributed by atoms with Crippen molar-refractivity contribution < 1.29 is 36.9 Å². The molecule has 0 aliphatic rings. The Balaban J connectivity index is 0. The lowest BCUT2D eigenvalue weighted by Gasteiger charge is -2.25. The van der Waals surface area contributed by atoms with Crippen molar-refractivity contribution >= 4 is 17.9 Å². The van der Waals surface area contributed by atoms with Gasteiger partial charge in [0.05, 0.1) is 7.11 Å². The maximum absolute atomic E-state index is 11.7. The van der Waals surface area contributed by atoms with Gasteiger partial charge in [0.15, 0.2) is 0 Å². The molecule has 0 aromatic carbocycles. The molecular weight excluding hydrogens is 262 g/mol. The minimum absolute atomic E-state index is 0. The molecule has 0 aliphatic heterocycles. The van der Waals surface area contributed by atoms with Crippen LogP contribution in [0.25, 0.3) is 0 Å². The van der Waals surface area contributed by atoms with Gasteiger partial charge < -0.3 is 21.9 Å². The largest absolute Gasteiger partial charge is 1.00 e. The van der Waals surface area contributed by atoms with Crippen molar-refractivity contribution in [3.63, 3.8) is 0 Å². The lowest BCUT2D eigenvalue weighted by Crippen LogP contribution is -3.00. The number of hydrogen-bond acceptors (Lipinski definition) is 4. The van der Waals surface area contributed by atoms with Crippen LogP contribution in [0.15, 0.2) is 0 Å². The summed E-state index contributed by atoms with van der Waals surface area (Å²) < 4.78 is 9.56. The second-order valence-corrected chi connectivity index (χ2v) is 4.49. The first kappa shape index (κ1) is 18.9. The number of amidine groups is 1. The van der Waals surface area contributed by atoms with E-state index in [1.165, 1.54) is 7.11 Å². The fourth-order valence-electron chi connectivity index (χ4n) is 0.952. The Bertz CT molecular complexity index is 315. The molecule has 8 heteroatoms. The maximum atomic E-state index is 11.7. The highest BCUT2D eigenvalue weighted by Gasteiger charge is 2.25. The van der Waals surface area contributed by atoms with Gasteiger partial charge in [0.2, 0.25) is 0 Å². The summed E-state index contributed by atoms with van der Waals surface area (Å²) in [5.41, 5.74) is 4.65. The predicted molar refractivity (Wildman–Crippen MR) is 60.9 cm³/mol. The third-order valence-corrected chi connectivity index (χ3v) is 1.57. The lowest BCUT2D eigenvalue weighted by molar-refractivity contribution is -0.142. The molecule has 0 aliphatic carbocycles. The molecule has 0 spiro atoms. The monoisotopic (exact) mass is 281 g/mol.